The summed E-state index contributed by atoms with van der Waals surface area (Å²) in [7, 11) is 0. The number of ether oxygens (including phenoxy) is 3. The molecule has 2 aliphatic rings. The molecule has 0 aromatic heterocycles. The van der Waals surface area contributed by atoms with Crippen molar-refractivity contribution in [2.75, 3.05) is 19.9 Å². The molecule has 1 fully saturated rings. The first-order valence-corrected chi connectivity index (χ1v) is 7.18. The highest BCUT2D eigenvalue weighted by Gasteiger charge is 2.25. The van der Waals surface area contributed by atoms with Crippen LogP contribution in [0, 0.1) is 0 Å². The summed E-state index contributed by atoms with van der Waals surface area (Å²) in [5.74, 6) is 1.48. The van der Waals surface area contributed by atoms with Gasteiger partial charge in [-0.3, -0.25) is 0 Å². The van der Waals surface area contributed by atoms with Crippen LogP contribution in [0.25, 0.3) is 0 Å². The van der Waals surface area contributed by atoms with E-state index in [1.54, 1.807) is 4.90 Å². The summed E-state index contributed by atoms with van der Waals surface area (Å²) in [6.07, 6.45) is 0.148. The number of rotatable bonds is 2. The Morgan fingerprint density at radius 2 is 1.95 bits per heavy atom. The summed E-state index contributed by atoms with van der Waals surface area (Å²) in [4.78, 5) is 14.0. The number of carbonyl (C=O) groups excluding carboxylic acids is 1. The number of nitrogens with zero attached hydrogens (tertiary/aromatic N) is 1. The number of benzene rings is 1. The summed E-state index contributed by atoms with van der Waals surface area (Å²) in [6, 6.07) is 5.63. The first-order valence-electron chi connectivity index (χ1n) is 7.18. The predicted octanol–water partition coefficient (Wildman–Crippen LogP) is 1.73. The van der Waals surface area contributed by atoms with Crippen LogP contribution in [0.2, 0.25) is 0 Å². The molecule has 6 heteroatoms. The van der Waals surface area contributed by atoms with E-state index >= 15 is 0 Å². The molecule has 1 saturated heterocycles. The van der Waals surface area contributed by atoms with E-state index in [9.17, 15) is 4.79 Å². The second-order valence-corrected chi connectivity index (χ2v) is 5.51. The van der Waals surface area contributed by atoms with Crippen molar-refractivity contribution in [3.63, 3.8) is 0 Å². The molecular formula is C15H20N2O4. The molecule has 1 aromatic carbocycles. The minimum atomic E-state index is -0.0605. The standard InChI is InChI=1S/C15H20N2O4/c1-10-7-17(8-11(2)21-10)15(18)16-6-12-3-4-13-14(5-12)20-9-19-13/h3-5,10-11H,6-9H2,1-2H3,(H,16,18). The van der Waals surface area contributed by atoms with E-state index in [4.69, 9.17) is 14.2 Å². The second kappa shape index (κ2) is 5.81. The summed E-state index contributed by atoms with van der Waals surface area (Å²) in [5.41, 5.74) is 0.988. The highest BCUT2D eigenvalue weighted by molar-refractivity contribution is 5.74. The molecule has 2 amide bonds. The summed E-state index contributed by atoms with van der Waals surface area (Å²) >= 11 is 0. The van der Waals surface area contributed by atoms with E-state index in [2.05, 4.69) is 5.32 Å². The lowest BCUT2D eigenvalue weighted by Gasteiger charge is -2.35. The summed E-state index contributed by atoms with van der Waals surface area (Å²) in [6.45, 7) is 5.93. The Morgan fingerprint density at radius 1 is 1.24 bits per heavy atom. The van der Waals surface area contributed by atoms with E-state index in [0.717, 1.165) is 17.1 Å². The van der Waals surface area contributed by atoms with Gasteiger partial charge < -0.3 is 24.4 Å². The minimum absolute atomic E-state index is 0.0605. The third kappa shape index (κ3) is 3.21. The number of amides is 2. The van der Waals surface area contributed by atoms with Crippen LogP contribution in [0.1, 0.15) is 19.4 Å². The van der Waals surface area contributed by atoms with E-state index in [-0.39, 0.29) is 25.0 Å². The van der Waals surface area contributed by atoms with Crippen molar-refractivity contribution >= 4 is 6.03 Å². The molecule has 6 nitrogen and oxygen atoms in total. The molecule has 2 aliphatic heterocycles. The van der Waals surface area contributed by atoms with Crippen molar-refractivity contribution in [2.45, 2.75) is 32.6 Å². The third-order valence-electron chi connectivity index (χ3n) is 3.59. The number of nitrogens with one attached hydrogen (secondary N) is 1. The Hall–Kier alpha value is -1.95. The maximum Gasteiger partial charge on any atom is 0.317 e. The fourth-order valence-corrected chi connectivity index (χ4v) is 2.68. The number of hydrogen-bond acceptors (Lipinski definition) is 4. The zero-order valence-electron chi connectivity index (χ0n) is 12.3. The average Bonchev–Trinajstić information content (AvgIpc) is 2.91. The Bertz CT molecular complexity index is 524. The maximum atomic E-state index is 12.2. The van der Waals surface area contributed by atoms with Crippen LogP contribution in [0.15, 0.2) is 18.2 Å². The molecule has 2 heterocycles. The predicted molar refractivity (Wildman–Crippen MR) is 76.4 cm³/mol. The molecule has 2 unspecified atom stereocenters. The van der Waals surface area contributed by atoms with Crippen molar-refractivity contribution in [1.82, 2.24) is 10.2 Å². The molecule has 1 N–H and O–H groups in total. The molecule has 1 aromatic rings. The van der Waals surface area contributed by atoms with Gasteiger partial charge in [0.15, 0.2) is 11.5 Å². The number of carbonyl (C=O) groups is 1. The Kier molecular flexibility index (Phi) is 3.88. The van der Waals surface area contributed by atoms with Crippen LogP contribution < -0.4 is 14.8 Å². The lowest BCUT2D eigenvalue weighted by molar-refractivity contribution is -0.0545. The molecule has 0 spiro atoms. The molecule has 0 saturated carbocycles. The van der Waals surface area contributed by atoms with E-state index in [1.807, 2.05) is 32.0 Å². The first-order chi connectivity index (χ1) is 10.1. The molecule has 0 aliphatic carbocycles. The molecule has 3 rings (SSSR count). The van der Waals surface area contributed by atoms with Gasteiger partial charge in [0.2, 0.25) is 6.79 Å². The fourth-order valence-electron chi connectivity index (χ4n) is 2.68. The third-order valence-corrected chi connectivity index (χ3v) is 3.59. The van der Waals surface area contributed by atoms with Gasteiger partial charge in [-0.1, -0.05) is 6.07 Å². The van der Waals surface area contributed by atoms with Crippen molar-refractivity contribution in [1.29, 1.82) is 0 Å². The molecule has 0 bridgehead atoms. The number of morpholine rings is 1. The van der Waals surface area contributed by atoms with E-state index in [1.165, 1.54) is 0 Å². The normalized spacial score (nSPS) is 24.0. The number of fused-ring (bicyclic) bond motifs is 1. The Balaban J connectivity index is 1.56. The van der Waals surface area contributed by atoms with Crippen LogP contribution in [0.3, 0.4) is 0 Å². The molecule has 114 valence electrons. The quantitative estimate of drug-likeness (QED) is 0.902. The lowest BCUT2D eigenvalue weighted by Crippen LogP contribution is -2.51. The van der Waals surface area contributed by atoms with Crippen LogP contribution in [0.4, 0.5) is 4.79 Å². The Labute approximate surface area is 124 Å². The zero-order valence-corrected chi connectivity index (χ0v) is 12.3. The van der Waals surface area contributed by atoms with Gasteiger partial charge in [0.25, 0.3) is 0 Å². The van der Waals surface area contributed by atoms with Crippen LogP contribution in [-0.4, -0.2) is 43.0 Å². The SMILES string of the molecule is CC1CN(C(=O)NCc2ccc3c(c2)OCO3)CC(C)O1. The number of urea groups is 1. The van der Waals surface area contributed by atoms with Crippen LogP contribution >= 0.6 is 0 Å². The van der Waals surface area contributed by atoms with Crippen molar-refractivity contribution in [3.8, 4) is 11.5 Å². The molecular weight excluding hydrogens is 272 g/mol. The van der Waals surface area contributed by atoms with Gasteiger partial charge in [-0.25, -0.2) is 4.79 Å². The molecule has 21 heavy (non-hydrogen) atoms. The van der Waals surface area contributed by atoms with Gasteiger partial charge in [0, 0.05) is 19.6 Å². The van der Waals surface area contributed by atoms with Gasteiger partial charge in [-0.2, -0.15) is 0 Å². The highest BCUT2D eigenvalue weighted by Crippen LogP contribution is 2.32. The van der Waals surface area contributed by atoms with Gasteiger partial charge in [-0.05, 0) is 31.5 Å². The minimum Gasteiger partial charge on any atom is -0.454 e. The smallest absolute Gasteiger partial charge is 0.317 e. The average molecular weight is 292 g/mol. The molecule has 0 radical (unpaired) electrons. The van der Waals surface area contributed by atoms with Gasteiger partial charge >= 0.3 is 6.03 Å². The van der Waals surface area contributed by atoms with Crippen molar-refractivity contribution in [2.24, 2.45) is 0 Å². The molecule has 2 atom stereocenters. The van der Waals surface area contributed by atoms with Crippen LogP contribution in [0.5, 0.6) is 11.5 Å². The van der Waals surface area contributed by atoms with Gasteiger partial charge in [0.1, 0.15) is 0 Å². The second-order valence-electron chi connectivity index (χ2n) is 5.51. The first kappa shape index (κ1) is 14.0. The fraction of sp³-hybridized carbons (Fsp3) is 0.533. The zero-order chi connectivity index (χ0) is 14.8. The Morgan fingerprint density at radius 3 is 2.71 bits per heavy atom. The largest absolute Gasteiger partial charge is 0.454 e. The number of hydrogen-bond donors (Lipinski definition) is 1. The highest BCUT2D eigenvalue weighted by atomic mass is 16.7. The van der Waals surface area contributed by atoms with E-state index in [0.29, 0.717) is 19.6 Å². The summed E-state index contributed by atoms with van der Waals surface area (Å²) < 4.78 is 16.2. The van der Waals surface area contributed by atoms with Crippen LogP contribution in [-0.2, 0) is 11.3 Å². The maximum absolute atomic E-state index is 12.2. The topological polar surface area (TPSA) is 60.0 Å². The van der Waals surface area contributed by atoms with E-state index < -0.39 is 0 Å². The van der Waals surface area contributed by atoms with Crippen molar-refractivity contribution in [3.05, 3.63) is 23.8 Å². The lowest BCUT2D eigenvalue weighted by atomic mass is 10.2. The van der Waals surface area contributed by atoms with Gasteiger partial charge in [0.05, 0.1) is 12.2 Å². The monoisotopic (exact) mass is 292 g/mol. The van der Waals surface area contributed by atoms with Crippen molar-refractivity contribution < 1.29 is 19.0 Å². The van der Waals surface area contributed by atoms with Gasteiger partial charge in [-0.15, -0.1) is 0 Å². The summed E-state index contributed by atoms with van der Waals surface area (Å²) in [5, 5.41) is 2.94.